The Morgan fingerprint density at radius 1 is 1.14 bits per heavy atom. The smallest absolute Gasteiger partial charge is 0.256 e. The van der Waals surface area contributed by atoms with Crippen LogP contribution in [0.15, 0.2) is 55.4 Å². The van der Waals surface area contributed by atoms with Gasteiger partial charge in [-0.15, -0.1) is 6.58 Å². The average molecular weight is 474 g/mol. The molecule has 2 aliphatic rings. The van der Waals surface area contributed by atoms with Gasteiger partial charge in [-0.25, -0.2) is 9.37 Å². The molecule has 5 rings (SSSR count). The fourth-order valence-electron chi connectivity index (χ4n) is 4.28. The summed E-state index contributed by atoms with van der Waals surface area (Å²) in [5, 5.41) is 12.5. The summed E-state index contributed by atoms with van der Waals surface area (Å²) < 4.78 is 14.9. The second-order valence-corrected chi connectivity index (χ2v) is 8.86. The number of carbonyl (C=O) groups excluding carboxylic acids is 1. The summed E-state index contributed by atoms with van der Waals surface area (Å²) in [5.41, 5.74) is 3.30. The first-order chi connectivity index (χ1) is 17.0. The molecule has 8 nitrogen and oxygen atoms in total. The molecule has 4 N–H and O–H groups in total. The largest absolute Gasteiger partial charge is 0.348 e. The molecule has 0 radical (unpaired) electrons. The third-order valence-corrected chi connectivity index (χ3v) is 6.42. The minimum absolute atomic E-state index is 0.268. The second-order valence-electron chi connectivity index (χ2n) is 8.86. The van der Waals surface area contributed by atoms with Crippen LogP contribution >= 0.6 is 0 Å². The first kappa shape index (κ1) is 22.9. The molecule has 1 saturated carbocycles. The van der Waals surface area contributed by atoms with Crippen LogP contribution in [0.4, 0.5) is 27.5 Å². The Morgan fingerprint density at radius 2 is 2.00 bits per heavy atom. The maximum atomic E-state index is 14.9. The lowest BCUT2D eigenvalue weighted by Crippen LogP contribution is -2.29. The van der Waals surface area contributed by atoms with Crippen molar-refractivity contribution in [3.05, 3.63) is 77.8 Å². The zero-order valence-electron chi connectivity index (χ0n) is 19.4. The number of benzene rings is 1. The Morgan fingerprint density at radius 3 is 2.80 bits per heavy atom. The van der Waals surface area contributed by atoms with Gasteiger partial charge in [-0.1, -0.05) is 12.1 Å². The summed E-state index contributed by atoms with van der Waals surface area (Å²) in [6.45, 7) is 5.75. The molecule has 0 spiro atoms. The topological polar surface area (TPSA) is 104 Å². The molecule has 2 aromatic heterocycles. The lowest BCUT2D eigenvalue weighted by molar-refractivity contribution is 0.0561. The summed E-state index contributed by atoms with van der Waals surface area (Å²) in [5.74, 6) is 0.308. The van der Waals surface area contributed by atoms with Crippen LogP contribution in [0.3, 0.4) is 0 Å². The van der Waals surface area contributed by atoms with Crippen LogP contribution in [-0.2, 0) is 18.6 Å². The molecule has 1 aliphatic heterocycles. The minimum Gasteiger partial charge on any atom is -0.348 e. The quantitative estimate of drug-likeness (QED) is 0.362. The number of alkyl halides is 1. The van der Waals surface area contributed by atoms with Gasteiger partial charge in [-0.2, -0.15) is 4.98 Å². The summed E-state index contributed by atoms with van der Waals surface area (Å²) in [4.78, 5) is 25.9. The van der Waals surface area contributed by atoms with Crippen molar-refractivity contribution >= 4 is 29.0 Å². The predicted molar refractivity (Wildman–Crippen MR) is 134 cm³/mol. The van der Waals surface area contributed by atoms with Gasteiger partial charge < -0.3 is 21.3 Å². The number of nitrogens with zero attached hydrogens (tertiary/aromatic N) is 3. The molecule has 1 aromatic carbocycles. The lowest BCUT2D eigenvalue weighted by Gasteiger charge is -2.33. The number of aromatic nitrogens is 3. The van der Waals surface area contributed by atoms with Crippen molar-refractivity contribution in [1.82, 2.24) is 25.6 Å². The Labute approximate surface area is 203 Å². The van der Waals surface area contributed by atoms with Gasteiger partial charge in [-0.05, 0) is 67.6 Å². The Kier molecular flexibility index (Phi) is 6.41. The monoisotopic (exact) mass is 473 g/mol. The molecule has 3 heterocycles. The lowest BCUT2D eigenvalue weighted by atomic mass is 9.79. The normalized spacial score (nSPS) is 15.9. The number of nitrogens with one attached hydrogen (secondary N) is 4. The van der Waals surface area contributed by atoms with Gasteiger partial charge in [0.05, 0.1) is 5.69 Å². The highest BCUT2D eigenvalue weighted by Gasteiger charge is 2.40. The molecule has 9 heteroatoms. The summed E-state index contributed by atoms with van der Waals surface area (Å²) in [6.07, 6.45) is 7.43. The number of pyridine rings is 1. The zero-order valence-corrected chi connectivity index (χ0v) is 19.4. The SMILES string of the molecule is C=CCNC(=O)c1cnc(Nc2ccc3c(c2)CNCC3)nc1Nc1ccnc(C2(F)CCC2)c1. The first-order valence-electron chi connectivity index (χ1n) is 11.8. The molecule has 0 saturated heterocycles. The van der Waals surface area contributed by atoms with E-state index in [4.69, 9.17) is 0 Å². The van der Waals surface area contributed by atoms with Gasteiger partial charge in [0, 0.05) is 36.9 Å². The van der Waals surface area contributed by atoms with Crippen LogP contribution in [-0.4, -0.2) is 33.9 Å². The molecule has 3 aromatic rings. The number of rotatable bonds is 8. The van der Waals surface area contributed by atoms with Crippen molar-refractivity contribution in [2.45, 2.75) is 37.9 Å². The van der Waals surface area contributed by atoms with Crippen LogP contribution < -0.4 is 21.3 Å². The van der Waals surface area contributed by atoms with Gasteiger partial charge in [0.25, 0.3) is 5.91 Å². The maximum absolute atomic E-state index is 14.9. The third kappa shape index (κ3) is 5.00. The molecule has 1 aliphatic carbocycles. The Bertz CT molecular complexity index is 1260. The number of anilines is 4. The van der Waals surface area contributed by atoms with E-state index in [0.717, 1.165) is 31.6 Å². The van der Waals surface area contributed by atoms with Crippen molar-refractivity contribution in [3.8, 4) is 0 Å². The van der Waals surface area contributed by atoms with Crippen molar-refractivity contribution in [2.75, 3.05) is 23.7 Å². The first-order valence-corrected chi connectivity index (χ1v) is 11.8. The molecule has 0 unspecified atom stereocenters. The molecule has 180 valence electrons. The van der Waals surface area contributed by atoms with E-state index in [0.29, 0.717) is 42.5 Å². The van der Waals surface area contributed by atoms with Crippen LogP contribution in [0.1, 0.15) is 46.4 Å². The molecule has 1 fully saturated rings. The fourth-order valence-corrected chi connectivity index (χ4v) is 4.28. The van der Waals surface area contributed by atoms with Crippen molar-refractivity contribution in [3.63, 3.8) is 0 Å². The predicted octanol–water partition coefficient (Wildman–Crippen LogP) is 4.27. The molecule has 0 atom stereocenters. The van der Waals surface area contributed by atoms with E-state index < -0.39 is 5.67 Å². The molecular formula is C26H28FN7O. The van der Waals surface area contributed by atoms with E-state index in [-0.39, 0.29) is 11.5 Å². The highest BCUT2D eigenvalue weighted by atomic mass is 19.1. The number of carbonyl (C=O) groups is 1. The van der Waals surface area contributed by atoms with E-state index in [2.05, 4.69) is 54.9 Å². The van der Waals surface area contributed by atoms with Crippen LogP contribution in [0.2, 0.25) is 0 Å². The third-order valence-electron chi connectivity index (χ3n) is 6.42. The number of amides is 1. The highest BCUT2D eigenvalue weighted by molar-refractivity contribution is 5.99. The van der Waals surface area contributed by atoms with Crippen molar-refractivity contribution in [2.24, 2.45) is 0 Å². The van der Waals surface area contributed by atoms with E-state index >= 15 is 0 Å². The Balaban J connectivity index is 1.43. The molecule has 0 bridgehead atoms. The summed E-state index contributed by atoms with van der Waals surface area (Å²) >= 11 is 0. The Hall–Kier alpha value is -3.85. The van der Waals surface area contributed by atoms with Crippen molar-refractivity contribution < 1.29 is 9.18 Å². The van der Waals surface area contributed by atoms with Gasteiger partial charge in [0.15, 0.2) is 5.67 Å². The number of hydrogen-bond acceptors (Lipinski definition) is 7. The van der Waals surface area contributed by atoms with E-state index in [1.807, 2.05) is 6.07 Å². The summed E-state index contributed by atoms with van der Waals surface area (Å²) in [6, 6.07) is 9.59. The van der Waals surface area contributed by atoms with Crippen molar-refractivity contribution in [1.29, 1.82) is 0 Å². The summed E-state index contributed by atoms with van der Waals surface area (Å²) in [7, 11) is 0. The van der Waals surface area contributed by atoms with Gasteiger partial charge in [0.1, 0.15) is 11.4 Å². The fraction of sp³-hybridized carbons (Fsp3) is 0.308. The van der Waals surface area contributed by atoms with Crippen LogP contribution in [0.5, 0.6) is 0 Å². The molecular weight excluding hydrogens is 445 g/mol. The van der Waals surface area contributed by atoms with Gasteiger partial charge in [-0.3, -0.25) is 9.78 Å². The number of hydrogen-bond donors (Lipinski definition) is 4. The zero-order chi connectivity index (χ0) is 24.3. The van der Waals surface area contributed by atoms with Gasteiger partial charge in [0.2, 0.25) is 5.95 Å². The van der Waals surface area contributed by atoms with E-state index in [1.165, 1.54) is 17.3 Å². The second kappa shape index (κ2) is 9.79. The molecule has 35 heavy (non-hydrogen) atoms. The van der Waals surface area contributed by atoms with Crippen LogP contribution in [0, 0.1) is 0 Å². The van der Waals surface area contributed by atoms with Crippen LogP contribution in [0.25, 0.3) is 0 Å². The number of fused-ring (bicyclic) bond motifs is 1. The molecule has 1 amide bonds. The number of halogens is 1. The van der Waals surface area contributed by atoms with Gasteiger partial charge >= 0.3 is 0 Å². The highest BCUT2D eigenvalue weighted by Crippen LogP contribution is 2.44. The van der Waals surface area contributed by atoms with E-state index in [1.54, 1.807) is 24.4 Å². The maximum Gasteiger partial charge on any atom is 0.256 e. The standard InChI is InChI=1S/C26H28FN7O/c1-2-10-30-24(35)21-16-31-25(33-19-5-4-17-6-11-28-15-18(17)13-19)34-23(21)32-20-7-12-29-22(14-20)26(27)8-3-9-26/h2,4-5,7,12-14,16,28H,1,3,6,8-11,15H2,(H,30,35)(H2,29,31,32,33,34). The average Bonchev–Trinajstić information content (AvgIpc) is 2.86. The van der Waals surface area contributed by atoms with E-state index in [9.17, 15) is 9.18 Å². The minimum atomic E-state index is -1.39.